The van der Waals surface area contributed by atoms with Crippen LogP contribution in [0.5, 0.6) is 0 Å². The summed E-state index contributed by atoms with van der Waals surface area (Å²) in [6.07, 6.45) is 2.20. The lowest BCUT2D eigenvalue weighted by molar-refractivity contribution is 0.0973. The number of Topliss-reactive ketones (excluding diaryl/α,β-unsaturated/α-hetero) is 1. The number of carbonyl (C=O) groups excluding carboxylic acids is 1. The van der Waals surface area contributed by atoms with Crippen LogP contribution in [-0.4, -0.2) is 20.5 Å². The van der Waals surface area contributed by atoms with E-state index in [-0.39, 0.29) is 5.78 Å². The quantitative estimate of drug-likeness (QED) is 0.505. The molecule has 0 saturated carbocycles. The number of para-hydroxylation sites is 1. The number of rotatable bonds is 3. The van der Waals surface area contributed by atoms with Crippen LogP contribution in [0, 0.1) is 0 Å². The van der Waals surface area contributed by atoms with Crippen molar-refractivity contribution in [3.05, 3.63) is 64.8 Å². The number of hydrogen-bond acceptors (Lipinski definition) is 5. The summed E-state index contributed by atoms with van der Waals surface area (Å²) in [4.78, 5) is 17.3. The summed E-state index contributed by atoms with van der Waals surface area (Å²) in [5, 5.41) is 9.45. The van der Waals surface area contributed by atoms with Crippen molar-refractivity contribution >= 4 is 50.4 Å². The molecular weight excluding hydrogens is 380 g/mol. The Kier molecular flexibility index (Phi) is 3.95. The van der Waals surface area contributed by atoms with Crippen molar-refractivity contribution in [1.29, 1.82) is 0 Å². The highest BCUT2D eigenvalue weighted by Gasteiger charge is 2.28. The first-order valence-electron chi connectivity index (χ1n) is 8.73. The summed E-state index contributed by atoms with van der Waals surface area (Å²) < 4.78 is 2.93. The first-order chi connectivity index (χ1) is 13.2. The fourth-order valence-corrected chi connectivity index (χ4v) is 4.45. The van der Waals surface area contributed by atoms with Crippen LogP contribution in [0.1, 0.15) is 28.9 Å². The Morgan fingerprint density at radius 1 is 1.07 bits per heavy atom. The molecule has 5 rings (SSSR count). The zero-order valence-electron chi connectivity index (χ0n) is 14.3. The van der Waals surface area contributed by atoms with E-state index in [1.807, 2.05) is 53.2 Å². The van der Waals surface area contributed by atoms with Gasteiger partial charge in [0.05, 0.1) is 21.5 Å². The Morgan fingerprint density at radius 2 is 1.89 bits per heavy atom. The summed E-state index contributed by atoms with van der Waals surface area (Å²) in [6, 6.07) is 15.4. The van der Waals surface area contributed by atoms with E-state index < -0.39 is 0 Å². The van der Waals surface area contributed by atoms with Crippen molar-refractivity contribution in [2.75, 3.05) is 5.32 Å². The molecule has 0 spiro atoms. The molecule has 1 aliphatic rings. The summed E-state index contributed by atoms with van der Waals surface area (Å²) >= 11 is 7.55. The Morgan fingerprint density at radius 3 is 2.70 bits per heavy atom. The molecule has 1 N–H and O–H groups in total. The number of carbonyl (C=O) groups is 1. The number of nitrogens with one attached hydrogen (secondary N) is 1. The van der Waals surface area contributed by atoms with Crippen LogP contribution in [0.15, 0.2) is 48.5 Å². The first-order valence-corrected chi connectivity index (χ1v) is 9.92. The fourth-order valence-electron chi connectivity index (χ4n) is 3.38. The van der Waals surface area contributed by atoms with Gasteiger partial charge in [0.1, 0.15) is 0 Å². The van der Waals surface area contributed by atoms with Crippen LogP contribution in [0.25, 0.3) is 15.3 Å². The highest BCUT2D eigenvalue weighted by molar-refractivity contribution is 7.20. The van der Waals surface area contributed by atoms with Gasteiger partial charge in [-0.15, -0.1) is 5.10 Å². The van der Waals surface area contributed by atoms with Crippen molar-refractivity contribution in [2.45, 2.75) is 19.3 Å². The number of thiazole rings is 1. The highest BCUT2D eigenvalue weighted by atomic mass is 35.5. The molecule has 134 valence electrons. The molecule has 4 aromatic rings. The molecular formula is C20H15ClN4OS. The first kappa shape index (κ1) is 16.5. The summed E-state index contributed by atoms with van der Waals surface area (Å²) in [6.45, 7) is 0. The van der Waals surface area contributed by atoms with Crippen LogP contribution >= 0.6 is 22.9 Å². The van der Waals surface area contributed by atoms with Crippen molar-refractivity contribution in [3.63, 3.8) is 0 Å². The number of nitrogens with zero attached hydrogens (tertiary/aromatic N) is 3. The van der Waals surface area contributed by atoms with Crippen LogP contribution in [-0.2, 0) is 6.42 Å². The molecule has 5 nitrogen and oxygen atoms in total. The summed E-state index contributed by atoms with van der Waals surface area (Å²) in [5.74, 6) is 0.705. The molecule has 1 aliphatic carbocycles. The van der Waals surface area contributed by atoms with Gasteiger partial charge in [0, 0.05) is 17.1 Å². The minimum absolute atomic E-state index is 0.125. The van der Waals surface area contributed by atoms with Crippen molar-refractivity contribution < 1.29 is 4.79 Å². The highest BCUT2D eigenvalue weighted by Crippen LogP contribution is 2.34. The molecule has 27 heavy (non-hydrogen) atoms. The van der Waals surface area contributed by atoms with Gasteiger partial charge in [-0.3, -0.25) is 4.79 Å². The van der Waals surface area contributed by atoms with E-state index >= 15 is 0 Å². The van der Waals surface area contributed by atoms with E-state index in [4.69, 9.17) is 21.7 Å². The van der Waals surface area contributed by atoms with Gasteiger partial charge >= 0.3 is 0 Å². The average molecular weight is 395 g/mol. The molecule has 7 heteroatoms. The number of fused-ring (bicyclic) bond motifs is 2. The lowest BCUT2D eigenvalue weighted by Crippen LogP contribution is -2.13. The maximum absolute atomic E-state index is 12.6. The second-order valence-electron chi connectivity index (χ2n) is 6.45. The third-order valence-electron chi connectivity index (χ3n) is 4.65. The third kappa shape index (κ3) is 2.91. The number of benzene rings is 2. The molecule has 2 aromatic carbocycles. The molecule has 0 aliphatic heterocycles. The van der Waals surface area contributed by atoms with Gasteiger partial charge in [-0.25, -0.2) is 9.67 Å². The molecule has 0 saturated heterocycles. The van der Waals surface area contributed by atoms with Crippen LogP contribution in [0.2, 0.25) is 5.02 Å². The van der Waals surface area contributed by atoms with Crippen LogP contribution < -0.4 is 5.32 Å². The minimum atomic E-state index is 0.125. The van der Waals surface area contributed by atoms with Gasteiger partial charge in [-0.1, -0.05) is 35.1 Å². The fraction of sp³-hybridized carbons (Fsp3) is 0.150. The number of hydrogen-bond donors (Lipinski definition) is 1. The van der Waals surface area contributed by atoms with E-state index in [1.54, 1.807) is 11.3 Å². The van der Waals surface area contributed by atoms with Crippen LogP contribution in [0.4, 0.5) is 11.5 Å². The summed E-state index contributed by atoms with van der Waals surface area (Å²) in [7, 11) is 0. The molecule has 0 fully saturated rings. The van der Waals surface area contributed by atoms with Crippen molar-refractivity contribution in [1.82, 2.24) is 14.8 Å². The largest absolute Gasteiger partial charge is 0.338 e. The Labute approximate surface area is 164 Å². The Balaban J connectivity index is 1.63. The Bertz CT molecular complexity index is 1130. The number of aromatic nitrogens is 3. The molecule has 0 radical (unpaired) electrons. The van der Waals surface area contributed by atoms with E-state index in [9.17, 15) is 4.79 Å². The second-order valence-corrected chi connectivity index (χ2v) is 7.90. The standard InChI is InChI=1S/C20H15ClN4OS/c21-12-8-10-13(11-9-12)22-19-18-15(5-3-6-16(18)26)25(24-19)20-23-14-4-1-2-7-17(14)27-20/h1-2,4,7-11H,3,5-6H2,(H,22,24). The maximum Gasteiger partial charge on any atom is 0.211 e. The van der Waals surface area contributed by atoms with E-state index in [0.29, 0.717) is 22.8 Å². The smallest absolute Gasteiger partial charge is 0.211 e. The molecule has 0 atom stereocenters. The lowest BCUT2D eigenvalue weighted by Gasteiger charge is -2.12. The normalized spacial score (nSPS) is 13.7. The molecule has 0 amide bonds. The number of anilines is 2. The van der Waals surface area contributed by atoms with Crippen LogP contribution in [0.3, 0.4) is 0 Å². The molecule has 2 aromatic heterocycles. The SMILES string of the molecule is O=C1CCCc2c1c(Nc1ccc(Cl)cc1)nn2-c1nc2ccccc2s1. The molecule has 0 bridgehead atoms. The lowest BCUT2D eigenvalue weighted by atomic mass is 9.96. The van der Waals surface area contributed by atoms with E-state index in [1.165, 1.54) is 0 Å². The van der Waals surface area contributed by atoms with Crippen molar-refractivity contribution in [2.24, 2.45) is 0 Å². The van der Waals surface area contributed by atoms with Gasteiger partial charge in [0.25, 0.3) is 0 Å². The monoisotopic (exact) mass is 394 g/mol. The van der Waals surface area contributed by atoms with E-state index in [2.05, 4.69) is 5.32 Å². The van der Waals surface area contributed by atoms with Crippen molar-refractivity contribution in [3.8, 4) is 5.13 Å². The second kappa shape index (κ2) is 6.48. The zero-order valence-corrected chi connectivity index (χ0v) is 15.8. The minimum Gasteiger partial charge on any atom is -0.338 e. The molecule has 2 heterocycles. The molecule has 0 unspecified atom stereocenters. The predicted octanol–water partition coefficient (Wildman–Crippen LogP) is 5.40. The van der Waals surface area contributed by atoms with E-state index in [0.717, 1.165) is 39.6 Å². The van der Waals surface area contributed by atoms with Gasteiger partial charge in [-0.05, 0) is 49.2 Å². The topological polar surface area (TPSA) is 59.8 Å². The van der Waals surface area contributed by atoms with Gasteiger partial charge in [0.2, 0.25) is 5.13 Å². The third-order valence-corrected chi connectivity index (χ3v) is 5.91. The number of halogens is 1. The maximum atomic E-state index is 12.6. The van der Waals surface area contributed by atoms with Gasteiger partial charge in [-0.2, -0.15) is 0 Å². The predicted molar refractivity (Wildman–Crippen MR) is 109 cm³/mol. The zero-order chi connectivity index (χ0) is 18.4. The van der Waals surface area contributed by atoms with Gasteiger partial charge < -0.3 is 5.32 Å². The average Bonchev–Trinajstić information content (AvgIpc) is 3.26. The number of ketones is 1. The Hall–Kier alpha value is -2.70. The van der Waals surface area contributed by atoms with Gasteiger partial charge in [0.15, 0.2) is 11.6 Å². The summed E-state index contributed by atoms with van der Waals surface area (Å²) in [5.41, 5.74) is 3.39.